The Morgan fingerprint density at radius 3 is 2.18 bits per heavy atom. The van der Waals surface area contributed by atoms with E-state index in [1.165, 1.54) is 0 Å². The Morgan fingerprint density at radius 2 is 1.82 bits per heavy atom. The van der Waals surface area contributed by atoms with Crippen LogP contribution in [0.1, 0.15) is 33.6 Å². The summed E-state index contributed by atoms with van der Waals surface area (Å²) in [6, 6.07) is 0. The molecule has 70 valence electrons. The summed E-state index contributed by atoms with van der Waals surface area (Å²) in [5.74, 6) is 0.530. The first kappa shape index (κ1) is 13.5. The van der Waals surface area contributed by atoms with Crippen LogP contribution >= 0.6 is 0 Å². The van der Waals surface area contributed by atoms with Gasteiger partial charge >= 0.3 is 0 Å². The van der Waals surface area contributed by atoms with Crippen molar-refractivity contribution < 1.29 is 4.39 Å². The monoisotopic (exact) mass is 163 g/mol. The highest BCUT2D eigenvalue weighted by Gasteiger charge is 1.98. The minimum Gasteiger partial charge on any atom is -0.320 e. The quantitative estimate of drug-likeness (QED) is 0.657. The second kappa shape index (κ2) is 12.6. The second-order valence-electron chi connectivity index (χ2n) is 2.48. The number of hydrogen-bond acceptors (Lipinski definition) is 1. The molecule has 0 saturated heterocycles. The van der Waals surface area contributed by atoms with E-state index in [4.69, 9.17) is 0 Å². The molecule has 0 aliphatic heterocycles. The van der Waals surface area contributed by atoms with Crippen LogP contribution in [0.3, 0.4) is 0 Å². The molecule has 11 heavy (non-hydrogen) atoms. The molecule has 0 amide bonds. The third-order valence-electron chi connectivity index (χ3n) is 1.49. The van der Waals surface area contributed by atoms with Gasteiger partial charge in [-0.2, -0.15) is 0 Å². The molecule has 0 rings (SSSR count). The molecular formula is C9H22FN. The van der Waals surface area contributed by atoms with Gasteiger partial charge in [0.25, 0.3) is 0 Å². The van der Waals surface area contributed by atoms with E-state index in [-0.39, 0.29) is 6.67 Å². The highest BCUT2D eigenvalue weighted by Crippen LogP contribution is 2.05. The van der Waals surface area contributed by atoms with Crippen LogP contribution < -0.4 is 5.32 Å². The molecule has 1 N–H and O–H groups in total. The molecule has 0 fully saturated rings. The van der Waals surface area contributed by atoms with E-state index in [2.05, 4.69) is 12.2 Å². The number of halogens is 1. The summed E-state index contributed by atoms with van der Waals surface area (Å²) in [6.07, 6.45) is 1.79. The van der Waals surface area contributed by atoms with Crippen LogP contribution in [0.2, 0.25) is 0 Å². The van der Waals surface area contributed by atoms with Gasteiger partial charge in [0, 0.05) is 0 Å². The first-order valence-corrected chi connectivity index (χ1v) is 4.51. The van der Waals surface area contributed by atoms with Crippen LogP contribution in [0.15, 0.2) is 0 Å². The van der Waals surface area contributed by atoms with E-state index in [1.807, 2.05) is 20.9 Å². The van der Waals surface area contributed by atoms with Crippen molar-refractivity contribution >= 4 is 0 Å². The Kier molecular flexibility index (Phi) is 15.4. The van der Waals surface area contributed by atoms with E-state index in [1.54, 1.807) is 0 Å². The van der Waals surface area contributed by atoms with Gasteiger partial charge < -0.3 is 5.32 Å². The summed E-state index contributed by atoms with van der Waals surface area (Å²) in [4.78, 5) is 0. The lowest BCUT2D eigenvalue weighted by Crippen LogP contribution is -2.11. The Balaban J connectivity index is 0. The zero-order valence-corrected chi connectivity index (χ0v) is 8.28. The average Bonchev–Trinajstić information content (AvgIpc) is 2.05. The van der Waals surface area contributed by atoms with Crippen molar-refractivity contribution in [2.75, 3.05) is 20.3 Å². The normalized spacial score (nSPS) is 11.7. The Hall–Kier alpha value is -0.110. The van der Waals surface area contributed by atoms with E-state index in [0.29, 0.717) is 12.3 Å². The molecule has 0 aliphatic rings. The van der Waals surface area contributed by atoms with Gasteiger partial charge in [0.1, 0.15) is 0 Å². The smallest absolute Gasteiger partial charge is 0.0897 e. The molecule has 0 heterocycles. The lowest BCUT2D eigenvalue weighted by molar-refractivity contribution is 0.387. The van der Waals surface area contributed by atoms with Gasteiger partial charge in [0.05, 0.1) is 6.67 Å². The summed E-state index contributed by atoms with van der Waals surface area (Å²) in [7, 11) is 1.92. The Labute approximate surface area is 70.4 Å². The van der Waals surface area contributed by atoms with Crippen molar-refractivity contribution in [2.45, 2.75) is 33.6 Å². The fraction of sp³-hybridized carbons (Fsp3) is 1.00. The molecule has 1 nitrogen and oxygen atoms in total. The summed E-state index contributed by atoms with van der Waals surface area (Å²) < 4.78 is 11.7. The van der Waals surface area contributed by atoms with Gasteiger partial charge in [-0.05, 0) is 32.4 Å². The molecule has 1 unspecified atom stereocenters. The zero-order valence-electron chi connectivity index (χ0n) is 8.28. The average molecular weight is 163 g/mol. The number of nitrogens with one attached hydrogen (secondary N) is 1. The highest BCUT2D eigenvalue weighted by molar-refractivity contribution is 4.52. The third-order valence-corrected chi connectivity index (χ3v) is 1.49. The van der Waals surface area contributed by atoms with Crippen molar-refractivity contribution in [3.63, 3.8) is 0 Å². The molecule has 1 atom stereocenters. The van der Waals surface area contributed by atoms with E-state index < -0.39 is 0 Å². The molecule has 2 heteroatoms. The largest absolute Gasteiger partial charge is 0.320 e. The number of rotatable bonds is 5. The van der Waals surface area contributed by atoms with Gasteiger partial charge in [0.2, 0.25) is 0 Å². The zero-order chi connectivity index (χ0) is 9.11. The van der Waals surface area contributed by atoms with Crippen molar-refractivity contribution in [1.82, 2.24) is 5.32 Å². The summed E-state index contributed by atoms with van der Waals surface area (Å²) >= 11 is 0. The third kappa shape index (κ3) is 13.0. The molecule has 0 aromatic carbocycles. The predicted octanol–water partition coefficient (Wildman–Crippen LogP) is 2.62. The van der Waals surface area contributed by atoms with Crippen LogP contribution in [0.4, 0.5) is 4.39 Å². The van der Waals surface area contributed by atoms with Gasteiger partial charge in [-0.15, -0.1) is 0 Å². The maximum Gasteiger partial charge on any atom is 0.0897 e. The van der Waals surface area contributed by atoms with Crippen LogP contribution in [-0.4, -0.2) is 20.3 Å². The highest BCUT2D eigenvalue weighted by atomic mass is 19.1. The first-order valence-electron chi connectivity index (χ1n) is 4.51. The first-order chi connectivity index (χ1) is 5.31. The Bertz CT molecular complexity index is 57.5. The molecule has 0 aromatic heterocycles. The van der Waals surface area contributed by atoms with Crippen LogP contribution in [0.25, 0.3) is 0 Å². The summed E-state index contributed by atoms with van der Waals surface area (Å²) in [6.45, 7) is 6.91. The molecule has 0 spiro atoms. The van der Waals surface area contributed by atoms with Crippen LogP contribution in [-0.2, 0) is 0 Å². The van der Waals surface area contributed by atoms with Gasteiger partial charge in [-0.1, -0.05) is 20.8 Å². The lowest BCUT2D eigenvalue weighted by Gasteiger charge is -2.06. The predicted molar refractivity (Wildman–Crippen MR) is 49.6 cm³/mol. The van der Waals surface area contributed by atoms with Gasteiger partial charge in [-0.25, -0.2) is 0 Å². The fourth-order valence-electron chi connectivity index (χ4n) is 0.721. The minimum absolute atomic E-state index is 0.176. The van der Waals surface area contributed by atoms with E-state index >= 15 is 0 Å². The standard InChI is InChI=1S/C7H16FN.C2H6/c1-7(3-5-8)4-6-9-2;1-2/h7,9H,3-6H2,1-2H3;1-2H3. The lowest BCUT2D eigenvalue weighted by atomic mass is 10.1. The summed E-state index contributed by atoms with van der Waals surface area (Å²) in [5, 5.41) is 3.03. The second-order valence-corrected chi connectivity index (χ2v) is 2.48. The van der Waals surface area contributed by atoms with Gasteiger partial charge in [0.15, 0.2) is 0 Å². The van der Waals surface area contributed by atoms with Crippen LogP contribution in [0.5, 0.6) is 0 Å². The number of alkyl halides is 1. The van der Waals surface area contributed by atoms with Crippen molar-refractivity contribution in [3.8, 4) is 0 Å². The maximum absolute atomic E-state index is 11.7. The maximum atomic E-state index is 11.7. The molecule has 0 radical (unpaired) electrons. The van der Waals surface area contributed by atoms with E-state index in [9.17, 15) is 4.39 Å². The fourth-order valence-corrected chi connectivity index (χ4v) is 0.721. The molecule has 0 aromatic rings. The molecule has 0 bridgehead atoms. The molecule has 0 saturated carbocycles. The van der Waals surface area contributed by atoms with Crippen LogP contribution in [0, 0.1) is 5.92 Å². The Morgan fingerprint density at radius 1 is 1.27 bits per heavy atom. The van der Waals surface area contributed by atoms with Crippen molar-refractivity contribution in [1.29, 1.82) is 0 Å². The molecule has 0 aliphatic carbocycles. The van der Waals surface area contributed by atoms with Crippen molar-refractivity contribution in [3.05, 3.63) is 0 Å². The topological polar surface area (TPSA) is 12.0 Å². The summed E-state index contributed by atoms with van der Waals surface area (Å²) in [5.41, 5.74) is 0. The van der Waals surface area contributed by atoms with Gasteiger partial charge in [-0.3, -0.25) is 4.39 Å². The number of hydrogen-bond donors (Lipinski definition) is 1. The van der Waals surface area contributed by atoms with Crippen molar-refractivity contribution in [2.24, 2.45) is 5.92 Å². The minimum atomic E-state index is -0.176. The SMILES string of the molecule is CC.CNCCC(C)CCF. The van der Waals surface area contributed by atoms with E-state index in [0.717, 1.165) is 13.0 Å². The molecular weight excluding hydrogens is 141 g/mol.